The molecule has 0 N–H and O–H groups in total. The van der Waals surface area contributed by atoms with Crippen molar-refractivity contribution in [1.82, 2.24) is 0 Å². The number of rotatable bonds is 0. The molecule has 0 radical (unpaired) electrons. The van der Waals surface area contributed by atoms with Crippen molar-refractivity contribution in [2.75, 3.05) is 0 Å². The van der Waals surface area contributed by atoms with Crippen molar-refractivity contribution in [2.24, 2.45) is 11.3 Å². The molecule has 0 heterocycles. The molecule has 0 aliphatic heterocycles. The normalized spacial score (nSPS) is 40.4. The molecule has 0 bridgehead atoms. The van der Waals surface area contributed by atoms with Crippen LogP contribution in [0.25, 0.3) is 0 Å². The van der Waals surface area contributed by atoms with Gasteiger partial charge in [-0.25, -0.2) is 0 Å². The first kappa shape index (κ1) is 9.86. The molecule has 0 saturated heterocycles. The zero-order chi connectivity index (χ0) is 9.41. The first-order chi connectivity index (χ1) is 5.37. The maximum Gasteiger partial charge on any atom is 0.131 e. The molecular formula is C10H16ClN. The van der Waals surface area contributed by atoms with Crippen molar-refractivity contribution < 1.29 is 0 Å². The van der Waals surface area contributed by atoms with Crippen LogP contribution in [-0.2, 0) is 0 Å². The highest BCUT2D eigenvalue weighted by Crippen LogP contribution is 2.46. The molecule has 12 heavy (non-hydrogen) atoms. The lowest BCUT2D eigenvalue weighted by Gasteiger charge is -2.40. The molecule has 0 aromatic heterocycles. The third kappa shape index (κ3) is 2.14. The molecule has 1 fully saturated rings. The summed E-state index contributed by atoms with van der Waals surface area (Å²) in [5.74, 6) is 0.575. The maximum atomic E-state index is 8.92. The highest BCUT2D eigenvalue weighted by atomic mass is 35.5. The van der Waals surface area contributed by atoms with E-state index in [9.17, 15) is 0 Å². The number of hydrogen-bond donors (Lipinski definition) is 0. The molecule has 1 rings (SSSR count). The van der Waals surface area contributed by atoms with Gasteiger partial charge in [0.25, 0.3) is 0 Å². The van der Waals surface area contributed by atoms with Crippen molar-refractivity contribution in [2.45, 2.75) is 44.9 Å². The van der Waals surface area contributed by atoms with E-state index in [1.807, 2.05) is 0 Å². The van der Waals surface area contributed by atoms with E-state index in [2.05, 4.69) is 26.8 Å². The lowest BCUT2D eigenvalue weighted by molar-refractivity contribution is 0.172. The summed E-state index contributed by atoms with van der Waals surface area (Å²) >= 11 is 6.18. The fraction of sp³-hybridized carbons (Fsp3) is 0.900. The van der Waals surface area contributed by atoms with E-state index in [4.69, 9.17) is 16.9 Å². The van der Waals surface area contributed by atoms with Crippen LogP contribution in [0.5, 0.6) is 0 Å². The Labute approximate surface area is 79.7 Å². The molecule has 0 aromatic rings. The van der Waals surface area contributed by atoms with Crippen LogP contribution in [0.2, 0.25) is 0 Å². The van der Waals surface area contributed by atoms with Crippen LogP contribution in [0, 0.1) is 22.7 Å². The number of halogens is 1. The largest absolute Gasteiger partial charge is 0.196 e. The topological polar surface area (TPSA) is 23.8 Å². The Hall–Kier alpha value is -0.220. The molecule has 0 aromatic carbocycles. The smallest absolute Gasteiger partial charge is 0.131 e. The third-order valence-electron chi connectivity index (χ3n) is 2.53. The number of nitrogens with zero attached hydrogens (tertiary/aromatic N) is 1. The second-order valence-corrected chi connectivity index (χ2v) is 5.66. The summed E-state index contributed by atoms with van der Waals surface area (Å²) in [5, 5.41) is 8.92. The van der Waals surface area contributed by atoms with Gasteiger partial charge in [-0.3, -0.25) is 0 Å². The van der Waals surface area contributed by atoms with Crippen molar-refractivity contribution in [1.29, 1.82) is 5.26 Å². The van der Waals surface area contributed by atoms with Crippen LogP contribution in [0.4, 0.5) is 0 Å². The summed E-state index contributed by atoms with van der Waals surface area (Å²) in [6, 6.07) is 2.23. The standard InChI is InChI=1S/C10H16ClN/c1-8-4-9(2,3)6-10(11,5-8)7-12/h8H,4-6H2,1-3H3. The van der Waals surface area contributed by atoms with Gasteiger partial charge in [0.15, 0.2) is 0 Å². The summed E-state index contributed by atoms with van der Waals surface area (Å²) in [7, 11) is 0. The molecule has 68 valence electrons. The van der Waals surface area contributed by atoms with Gasteiger partial charge in [-0.2, -0.15) is 5.26 Å². The minimum absolute atomic E-state index is 0.231. The van der Waals surface area contributed by atoms with Crippen LogP contribution in [0.3, 0.4) is 0 Å². The molecule has 1 nitrogen and oxygen atoms in total. The van der Waals surface area contributed by atoms with Crippen LogP contribution in [-0.4, -0.2) is 4.87 Å². The Balaban J connectivity index is 2.78. The van der Waals surface area contributed by atoms with Crippen LogP contribution < -0.4 is 0 Å². The van der Waals surface area contributed by atoms with Gasteiger partial charge in [0.2, 0.25) is 0 Å². The molecule has 1 saturated carbocycles. The van der Waals surface area contributed by atoms with E-state index < -0.39 is 4.87 Å². The summed E-state index contributed by atoms with van der Waals surface area (Å²) in [6.45, 7) is 6.56. The highest BCUT2D eigenvalue weighted by molar-refractivity contribution is 6.25. The molecule has 2 heteroatoms. The summed E-state index contributed by atoms with van der Waals surface area (Å²) in [5.41, 5.74) is 0.231. The monoisotopic (exact) mass is 185 g/mol. The van der Waals surface area contributed by atoms with Crippen molar-refractivity contribution >= 4 is 11.6 Å². The SMILES string of the molecule is CC1CC(C)(C)CC(Cl)(C#N)C1. The van der Waals surface area contributed by atoms with E-state index in [0.717, 1.165) is 12.8 Å². The fourth-order valence-electron chi connectivity index (χ4n) is 2.56. The number of alkyl halides is 1. The molecule has 1 aliphatic rings. The summed E-state index contributed by atoms with van der Waals surface area (Å²) < 4.78 is 0. The minimum atomic E-state index is -0.596. The molecule has 1 aliphatic carbocycles. The Bertz CT molecular complexity index is 216. The molecule has 2 unspecified atom stereocenters. The second kappa shape index (κ2) is 2.92. The predicted octanol–water partition coefficient (Wildman–Crippen LogP) is 3.33. The van der Waals surface area contributed by atoms with Gasteiger partial charge in [0, 0.05) is 0 Å². The lowest BCUT2D eigenvalue weighted by Crippen LogP contribution is -2.36. The van der Waals surface area contributed by atoms with E-state index in [1.54, 1.807) is 0 Å². The zero-order valence-corrected chi connectivity index (χ0v) is 8.78. The zero-order valence-electron chi connectivity index (χ0n) is 8.02. The Morgan fingerprint density at radius 1 is 1.42 bits per heavy atom. The van der Waals surface area contributed by atoms with Crippen molar-refractivity contribution in [3.05, 3.63) is 0 Å². The van der Waals surface area contributed by atoms with Crippen molar-refractivity contribution in [3.63, 3.8) is 0 Å². The average Bonchev–Trinajstić information content (AvgIpc) is 1.82. The summed E-state index contributed by atoms with van der Waals surface area (Å²) in [6.07, 6.45) is 2.85. The molecule has 0 amide bonds. The molecule has 0 spiro atoms. The van der Waals surface area contributed by atoms with Gasteiger partial charge in [-0.1, -0.05) is 20.8 Å². The third-order valence-corrected chi connectivity index (χ3v) is 2.90. The number of hydrogen-bond acceptors (Lipinski definition) is 1. The van der Waals surface area contributed by atoms with Crippen LogP contribution in [0.15, 0.2) is 0 Å². The van der Waals surface area contributed by atoms with Crippen molar-refractivity contribution in [3.8, 4) is 6.07 Å². The fourth-order valence-corrected chi connectivity index (χ4v) is 3.18. The van der Waals surface area contributed by atoms with E-state index in [-0.39, 0.29) is 5.41 Å². The van der Waals surface area contributed by atoms with Crippen LogP contribution >= 0.6 is 11.6 Å². The Morgan fingerprint density at radius 2 is 2.00 bits per heavy atom. The van der Waals surface area contributed by atoms with Gasteiger partial charge < -0.3 is 0 Å². The Kier molecular flexibility index (Phi) is 2.40. The minimum Gasteiger partial charge on any atom is -0.196 e. The first-order valence-corrected chi connectivity index (χ1v) is 4.85. The van der Waals surface area contributed by atoms with Crippen LogP contribution in [0.1, 0.15) is 40.0 Å². The molecular weight excluding hydrogens is 170 g/mol. The van der Waals surface area contributed by atoms with E-state index in [1.165, 1.54) is 6.42 Å². The predicted molar refractivity (Wildman–Crippen MR) is 51.0 cm³/mol. The maximum absolute atomic E-state index is 8.92. The lowest BCUT2D eigenvalue weighted by atomic mass is 9.68. The van der Waals surface area contributed by atoms with Gasteiger partial charge in [0.1, 0.15) is 4.87 Å². The van der Waals surface area contributed by atoms with Gasteiger partial charge in [-0.15, -0.1) is 11.6 Å². The highest BCUT2D eigenvalue weighted by Gasteiger charge is 2.41. The molecule has 2 atom stereocenters. The first-order valence-electron chi connectivity index (χ1n) is 4.47. The van der Waals surface area contributed by atoms with Gasteiger partial charge in [0.05, 0.1) is 6.07 Å². The number of nitriles is 1. The second-order valence-electron chi connectivity index (χ2n) is 4.93. The van der Waals surface area contributed by atoms with Gasteiger partial charge in [-0.05, 0) is 30.6 Å². The Morgan fingerprint density at radius 3 is 2.42 bits per heavy atom. The van der Waals surface area contributed by atoms with E-state index >= 15 is 0 Å². The van der Waals surface area contributed by atoms with E-state index in [0.29, 0.717) is 5.92 Å². The van der Waals surface area contributed by atoms with Gasteiger partial charge >= 0.3 is 0 Å². The average molecular weight is 186 g/mol. The summed E-state index contributed by atoms with van der Waals surface area (Å²) in [4.78, 5) is -0.596. The quantitative estimate of drug-likeness (QED) is 0.531.